The number of hydrogen-bond acceptors (Lipinski definition) is 3. The first-order chi connectivity index (χ1) is 15.0. The highest BCUT2D eigenvalue weighted by Gasteiger charge is 2.26. The van der Waals surface area contributed by atoms with Gasteiger partial charge >= 0.3 is 0 Å². The van der Waals surface area contributed by atoms with Crippen LogP contribution in [0, 0.1) is 6.92 Å². The highest BCUT2D eigenvalue weighted by molar-refractivity contribution is 8.00. The summed E-state index contributed by atoms with van der Waals surface area (Å²) in [5.74, 6) is 0.319. The summed E-state index contributed by atoms with van der Waals surface area (Å²) in [6, 6.07) is 21.4. The van der Waals surface area contributed by atoms with E-state index in [4.69, 9.17) is 11.6 Å². The molecule has 0 bridgehead atoms. The lowest BCUT2D eigenvalue weighted by Crippen LogP contribution is -2.35. The van der Waals surface area contributed by atoms with Gasteiger partial charge in [-0.2, -0.15) is 0 Å². The van der Waals surface area contributed by atoms with E-state index < -0.39 is 0 Å². The van der Waals surface area contributed by atoms with Crippen LogP contribution in [0.1, 0.15) is 27.0 Å². The molecule has 0 saturated carbocycles. The SMILES string of the molecule is Cc1ccc(CN2C(=O)CSc3ccc(C(=O)NCCc4ccc(Cl)cc4)cc32)cc1. The Morgan fingerprint density at radius 1 is 1.03 bits per heavy atom. The molecule has 4 nitrogen and oxygen atoms in total. The van der Waals surface area contributed by atoms with Gasteiger partial charge in [-0.3, -0.25) is 9.59 Å². The van der Waals surface area contributed by atoms with Crippen molar-refractivity contribution >= 4 is 40.9 Å². The molecule has 1 aliphatic heterocycles. The monoisotopic (exact) mass is 450 g/mol. The molecular formula is C25H23ClN2O2S. The first kappa shape index (κ1) is 21.5. The molecule has 0 aromatic heterocycles. The molecule has 0 aliphatic carbocycles. The Morgan fingerprint density at radius 2 is 1.74 bits per heavy atom. The fourth-order valence-corrected chi connectivity index (χ4v) is 4.51. The van der Waals surface area contributed by atoms with Gasteiger partial charge in [0, 0.05) is 22.0 Å². The molecule has 31 heavy (non-hydrogen) atoms. The Hall–Kier alpha value is -2.76. The zero-order valence-electron chi connectivity index (χ0n) is 17.2. The number of fused-ring (bicyclic) bond motifs is 1. The number of halogens is 1. The quantitative estimate of drug-likeness (QED) is 0.557. The van der Waals surface area contributed by atoms with Crippen LogP contribution in [0.5, 0.6) is 0 Å². The summed E-state index contributed by atoms with van der Waals surface area (Å²) in [5, 5.41) is 3.67. The lowest BCUT2D eigenvalue weighted by atomic mass is 10.1. The summed E-state index contributed by atoms with van der Waals surface area (Å²) >= 11 is 7.43. The maximum Gasteiger partial charge on any atom is 0.251 e. The fourth-order valence-electron chi connectivity index (χ4n) is 3.47. The average molecular weight is 451 g/mol. The summed E-state index contributed by atoms with van der Waals surface area (Å²) in [5.41, 5.74) is 4.71. The minimum atomic E-state index is -0.143. The van der Waals surface area contributed by atoms with Crippen LogP contribution in [0.4, 0.5) is 5.69 Å². The molecule has 2 amide bonds. The van der Waals surface area contributed by atoms with Gasteiger partial charge in [0.2, 0.25) is 5.91 Å². The number of nitrogens with zero attached hydrogens (tertiary/aromatic N) is 1. The van der Waals surface area contributed by atoms with Gasteiger partial charge in [-0.25, -0.2) is 0 Å². The van der Waals surface area contributed by atoms with Gasteiger partial charge in [-0.05, 0) is 54.8 Å². The highest BCUT2D eigenvalue weighted by Crippen LogP contribution is 2.37. The smallest absolute Gasteiger partial charge is 0.251 e. The Kier molecular flexibility index (Phi) is 6.64. The Morgan fingerprint density at radius 3 is 2.48 bits per heavy atom. The molecule has 0 spiro atoms. The number of benzene rings is 3. The van der Waals surface area contributed by atoms with E-state index in [1.165, 1.54) is 17.3 Å². The maximum absolute atomic E-state index is 12.7. The molecular weight excluding hydrogens is 428 g/mol. The first-order valence-corrected chi connectivity index (χ1v) is 11.5. The molecule has 4 rings (SSSR count). The zero-order chi connectivity index (χ0) is 21.8. The second-order valence-corrected chi connectivity index (χ2v) is 9.02. The van der Waals surface area contributed by atoms with E-state index in [-0.39, 0.29) is 11.8 Å². The van der Waals surface area contributed by atoms with Crippen LogP contribution in [-0.4, -0.2) is 24.1 Å². The second kappa shape index (κ2) is 9.58. The summed E-state index contributed by atoms with van der Waals surface area (Å²) in [7, 11) is 0. The minimum Gasteiger partial charge on any atom is -0.352 e. The minimum absolute atomic E-state index is 0.0540. The standard InChI is InChI=1S/C25H23ClN2O2S/c1-17-2-4-19(5-3-17)15-28-22-14-20(8-11-23(22)31-16-24(28)29)25(30)27-13-12-18-6-9-21(26)10-7-18/h2-11,14H,12-13,15-16H2,1H3,(H,27,30). The number of nitrogens with one attached hydrogen (secondary N) is 1. The Balaban J connectivity index is 1.47. The predicted molar refractivity (Wildman–Crippen MR) is 127 cm³/mol. The van der Waals surface area contributed by atoms with Crippen molar-refractivity contribution in [3.05, 3.63) is 94.0 Å². The number of anilines is 1. The largest absolute Gasteiger partial charge is 0.352 e. The highest BCUT2D eigenvalue weighted by atomic mass is 35.5. The topological polar surface area (TPSA) is 49.4 Å². The molecule has 3 aromatic carbocycles. The third-order valence-electron chi connectivity index (χ3n) is 5.24. The number of hydrogen-bond donors (Lipinski definition) is 1. The van der Waals surface area contributed by atoms with Crippen LogP contribution in [0.2, 0.25) is 5.02 Å². The van der Waals surface area contributed by atoms with Gasteiger partial charge in [0.15, 0.2) is 0 Å². The molecule has 1 N–H and O–H groups in total. The number of thioether (sulfide) groups is 1. The van der Waals surface area contributed by atoms with E-state index in [2.05, 4.69) is 5.32 Å². The predicted octanol–water partition coefficient (Wildman–Crippen LogP) is 5.26. The number of carbonyl (C=O) groups is 2. The van der Waals surface area contributed by atoms with Gasteiger partial charge in [-0.15, -0.1) is 11.8 Å². The average Bonchev–Trinajstić information content (AvgIpc) is 2.78. The third-order valence-corrected chi connectivity index (χ3v) is 6.54. The van der Waals surface area contributed by atoms with E-state index in [0.717, 1.165) is 28.1 Å². The first-order valence-electron chi connectivity index (χ1n) is 10.1. The molecule has 0 unspecified atom stereocenters. The second-order valence-electron chi connectivity index (χ2n) is 7.57. The molecule has 0 saturated heterocycles. The van der Waals surface area contributed by atoms with Crippen molar-refractivity contribution < 1.29 is 9.59 Å². The van der Waals surface area contributed by atoms with E-state index in [1.54, 1.807) is 4.90 Å². The summed E-state index contributed by atoms with van der Waals surface area (Å²) < 4.78 is 0. The van der Waals surface area contributed by atoms with Crippen LogP contribution >= 0.6 is 23.4 Å². The molecule has 6 heteroatoms. The number of amides is 2. The van der Waals surface area contributed by atoms with E-state index in [1.807, 2.05) is 73.7 Å². The van der Waals surface area contributed by atoms with Crippen LogP contribution in [0.15, 0.2) is 71.6 Å². The summed E-state index contributed by atoms with van der Waals surface area (Å²) in [4.78, 5) is 28.2. The van der Waals surface area contributed by atoms with Crippen molar-refractivity contribution in [2.24, 2.45) is 0 Å². The van der Waals surface area contributed by atoms with Gasteiger partial charge < -0.3 is 10.2 Å². The van der Waals surface area contributed by atoms with E-state index in [0.29, 0.717) is 29.4 Å². The maximum atomic E-state index is 12.7. The summed E-state index contributed by atoms with van der Waals surface area (Å²) in [6.45, 7) is 3.06. The number of aryl methyl sites for hydroxylation is 1. The molecule has 0 fully saturated rings. The van der Waals surface area contributed by atoms with Crippen molar-refractivity contribution in [1.29, 1.82) is 0 Å². The van der Waals surface area contributed by atoms with Crippen molar-refractivity contribution in [2.45, 2.75) is 24.8 Å². The van der Waals surface area contributed by atoms with Gasteiger partial charge in [0.25, 0.3) is 5.91 Å². The van der Waals surface area contributed by atoms with Crippen molar-refractivity contribution in [1.82, 2.24) is 5.32 Å². The van der Waals surface area contributed by atoms with Crippen LogP contribution in [-0.2, 0) is 17.8 Å². The lowest BCUT2D eigenvalue weighted by molar-refractivity contribution is -0.116. The van der Waals surface area contributed by atoms with Gasteiger partial charge in [-0.1, -0.05) is 53.6 Å². The molecule has 0 atom stereocenters. The molecule has 1 heterocycles. The van der Waals surface area contributed by atoms with E-state index in [9.17, 15) is 9.59 Å². The van der Waals surface area contributed by atoms with Crippen molar-refractivity contribution in [3.8, 4) is 0 Å². The molecule has 3 aromatic rings. The van der Waals surface area contributed by atoms with Crippen molar-refractivity contribution in [3.63, 3.8) is 0 Å². The molecule has 1 aliphatic rings. The van der Waals surface area contributed by atoms with Crippen LogP contribution in [0.3, 0.4) is 0 Å². The lowest BCUT2D eigenvalue weighted by Gasteiger charge is -2.29. The van der Waals surface area contributed by atoms with Gasteiger partial charge in [0.05, 0.1) is 18.0 Å². The molecule has 158 valence electrons. The van der Waals surface area contributed by atoms with Gasteiger partial charge in [0.1, 0.15) is 0 Å². The Labute approximate surface area is 191 Å². The number of carbonyl (C=O) groups excluding carboxylic acids is 2. The summed E-state index contributed by atoms with van der Waals surface area (Å²) in [6.07, 6.45) is 0.724. The van der Waals surface area contributed by atoms with Crippen molar-refractivity contribution in [2.75, 3.05) is 17.2 Å². The number of rotatable bonds is 6. The van der Waals surface area contributed by atoms with E-state index >= 15 is 0 Å². The van der Waals surface area contributed by atoms with Crippen LogP contribution in [0.25, 0.3) is 0 Å². The van der Waals surface area contributed by atoms with Crippen LogP contribution < -0.4 is 10.2 Å². The Bertz CT molecular complexity index is 1100. The zero-order valence-corrected chi connectivity index (χ0v) is 18.8. The normalized spacial score (nSPS) is 13.1. The fraction of sp³-hybridized carbons (Fsp3) is 0.200. The molecule has 0 radical (unpaired) electrons. The third kappa shape index (κ3) is 5.30.